The second kappa shape index (κ2) is 5.81. The molecular formula is C17H14ClNO3. The number of carboxylic acid groups (broad SMARTS) is 1. The van der Waals surface area contributed by atoms with Gasteiger partial charge in [0.1, 0.15) is 5.92 Å². The molecular weight excluding hydrogens is 302 g/mol. The van der Waals surface area contributed by atoms with Crippen LogP contribution in [-0.2, 0) is 9.59 Å². The number of carbonyl (C=O) groups excluding carboxylic acids is 1. The van der Waals surface area contributed by atoms with Gasteiger partial charge in [-0.3, -0.25) is 9.59 Å². The summed E-state index contributed by atoms with van der Waals surface area (Å²) in [5.74, 6) is -3.15. The lowest BCUT2D eigenvalue weighted by atomic mass is 9.81. The van der Waals surface area contributed by atoms with Crippen LogP contribution in [0.2, 0.25) is 5.02 Å². The molecule has 3 atom stereocenters. The molecule has 1 aliphatic heterocycles. The molecule has 2 N–H and O–H groups in total. The maximum absolute atomic E-state index is 12.1. The fourth-order valence-corrected chi connectivity index (χ4v) is 3.10. The molecule has 2 aromatic carbocycles. The molecule has 3 unspecified atom stereocenters. The Morgan fingerprint density at radius 3 is 2.23 bits per heavy atom. The van der Waals surface area contributed by atoms with E-state index in [9.17, 15) is 14.7 Å². The van der Waals surface area contributed by atoms with Gasteiger partial charge in [-0.05, 0) is 23.3 Å². The molecule has 112 valence electrons. The van der Waals surface area contributed by atoms with Gasteiger partial charge in [-0.1, -0.05) is 54.1 Å². The SMILES string of the molecule is O=C(O)C1C(=O)NC(c2ccccc2)C1c1ccc(Cl)cc1. The summed E-state index contributed by atoms with van der Waals surface area (Å²) in [6, 6.07) is 16.0. The van der Waals surface area contributed by atoms with Crippen LogP contribution >= 0.6 is 11.6 Å². The summed E-state index contributed by atoms with van der Waals surface area (Å²) >= 11 is 5.90. The molecule has 1 heterocycles. The van der Waals surface area contributed by atoms with Crippen molar-refractivity contribution in [1.82, 2.24) is 5.32 Å². The third-order valence-corrected chi connectivity index (χ3v) is 4.23. The van der Waals surface area contributed by atoms with E-state index in [1.54, 1.807) is 24.3 Å². The summed E-state index contributed by atoms with van der Waals surface area (Å²) in [5.41, 5.74) is 1.67. The van der Waals surface area contributed by atoms with Crippen molar-refractivity contribution in [3.8, 4) is 0 Å². The number of hydrogen-bond acceptors (Lipinski definition) is 2. The van der Waals surface area contributed by atoms with E-state index in [-0.39, 0.29) is 6.04 Å². The first kappa shape index (κ1) is 14.6. The van der Waals surface area contributed by atoms with Crippen LogP contribution < -0.4 is 5.32 Å². The lowest BCUT2D eigenvalue weighted by Gasteiger charge is -2.22. The highest BCUT2D eigenvalue weighted by Crippen LogP contribution is 2.42. The highest BCUT2D eigenvalue weighted by molar-refractivity contribution is 6.30. The third-order valence-electron chi connectivity index (χ3n) is 3.98. The van der Waals surface area contributed by atoms with Crippen LogP contribution in [0.3, 0.4) is 0 Å². The molecule has 1 fully saturated rings. The second-order valence-corrected chi connectivity index (χ2v) is 5.73. The normalized spacial score (nSPS) is 24.0. The average Bonchev–Trinajstić information content (AvgIpc) is 2.86. The van der Waals surface area contributed by atoms with Crippen molar-refractivity contribution in [2.75, 3.05) is 0 Å². The van der Waals surface area contributed by atoms with E-state index >= 15 is 0 Å². The van der Waals surface area contributed by atoms with Gasteiger partial charge in [0.25, 0.3) is 0 Å². The molecule has 5 heteroatoms. The Balaban J connectivity index is 2.07. The number of rotatable bonds is 3. The van der Waals surface area contributed by atoms with E-state index in [2.05, 4.69) is 5.32 Å². The highest BCUT2D eigenvalue weighted by Gasteiger charge is 2.47. The van der Waals surface area contributed by atoms with Gasteiger partial charge < -0.3 is 10.4 Å². The summed E-state index contributed by atoms with van der Waals surface area (Å²) in [4.78, 5) is 23.7. The van der Waals surface area contributed by atoms with Crippen LogP contribution in [0.1, 0.15) is 23.1 Å². The van der Waals surface area contributed by atoms with Crippen LogP contribution in [0, 0.1) is 5.92 Å². The average molecular weight is 316 g/mol. The van der Waals surface area contributed by atoms with Gasteiger partial charge >= 0.3 is 5.97 Å². The smallest absolute Gasteiger partial charge is 0.316 e. The van der Waals surface area contributed by atoms with Gasteiger partial charge in [0.05, 0.1) is 6.04 Å². The van der Waals surface area contributed by atoms with Gasteiger partial charge in [0, 0.05) is 10.9 Å². The van der Waals surface area contributed by atoms with Crippen molar-refractivity contribution in [2.45, 2.75) is 12.0 Å². The summed E-state index contributed by atoms with van der Waals surface area (Å²) < 4.78 is 0. The number of benzene rings is 2. The summed E-state index contributed by atoms with van der Waals surface area (Å²) in [7, 11) is 0. The van der Waals surface area contributed by atoms with Crippen molar-refractivity contribution in [1.29, 1.82) is 0 Å². The van der Waals surface area contributed by atoms with E-state index in [4.69, 9.17) is 11.6 Å². The zero-order valence-electron chi connectivity index (χ0n) is 11.6. The lowest BCUT2D eigenvalue weighted by Crippen LogP contribution is -2.26. The molecule has 1 amide bonds. The van der Waals surface area contributed by atoms with Crippen molar-refractivity contribution < 1.29 is 14.7 Å². The minimum atomic E-state index is -1.11. The van der Waals surface area contributed by atoms with Crippen LogP contribution in [0.5, 0.6) is 0 Å². The largest absolute Gasteiger partial charge is 0.481 e. The number of carboxylic acids is 1. The van der Waals surface area contributed by atoms with Crippen LogP contribution in [-0.4, -0.2) is 17.0 Å². The Bertz CT molecular complexity index is 700. The molecule has 1 saturated heterocycles. The molecule has 3 rings (SSSR count). The maximum Gasteiger partial charge on any atom is 0.316 e. The van der Waals surface area contributed by atoms with Crippen LogP contribution in [0.15, 0.2) is 54.6 Å². The van der Waals surface area contributed by atoms with E-state index < -0.39 is 23.7 Å². The predicted octanol–water partition coefficient (Wildman–Crippen LogP) is 3.00. The van der Waals surface area contributed by atoms with Crippen molar-refractivity contribution in [2.24, 2.45) is 5.92 Å². The number of carbonyl (C=O) groups is 2. The Morgan fingerprint density at radius 2 is 1.64 bits per heavy atom. The zero-order chi connectivity index (χ0) is 15.7. The Kier molecular flexibility index (Phi) is 3.86. The molecule has 0 spiro atoms. The number of aliphatic carboxylic acids is 1. The maximum atomic E-state index is 12.1. The summed E-state index contributed by atoms with van der Waals surface area (Å²) in [5, 5.41) is 12.8. The molecule has 0 saturated carbocycles. The number of nitrogens with one attached hydrogen (secondary N) is 1. The number of amides is 1. The van der Waals surface area contributed by atoms with Crippen molar-refractivity contribution in [3.05, 3.63) is 70.7 Å². The van der Waals surface area contributed by atoms with E-state index in [1.807, 2.05) is 30.3 Å². The molecule has 4 nitrogen and oxygen atoms in total. The van der Waals surface area contributed by atoms with Crippen molar-refractivity contribution >= 4 is 23.5 Å². The van der Waals surface area contributed by atoms with E-state index in [1.165, 1.54) is 0 Å². The fourth-order valence-electron chi connectivity index (χ4n) is 2.98. The van der Waals surface area contributed by atoms with Crippen LogP contribution in [0.4, 0.5) is 0 Å². The minimum absolute atomic E-state index is 0.365. The minimum Gasteiger partial charge on any atom is -0.481 e. The summed E-state index contributed by atoms with van der Waals surface area (Å²) in [6.45, 7) is 0. The summed E-state index contributed by atoms with van der Waals surface area (Å²) in [6.07, 6.45) is 0. The third kappa shape index (κ3) is 2.57. The number of hydrogen-bond donors (Lipinski definition) is 2. The van der Waals surface area contributed by atoms with Gasteiger partial charge in [0.2, 0.25) is 5.91 Å². The Morgan fingerprint density at radius 1 is 1.00 bits per heavy atom. The molecule has 0 radical (unpaired) electrons. The first-order valence-electron chi connectivity index (χ1n) is 6.91. The highest BCUT2D eigenvalue weighted by atomic mass is 35.5. The second-order valence-electron chi connectivity index (χ2n) is 5.29. The fraction of sp³-hybridized carbons (Fsp3) is 0.176. The quantitative estimate of drug-likeness (QED) is 0.856. The topological polar surface area (TPSA) is 66.4 Å². The zero-order valence-corrected chi connectivity index (χ0v) is 12.3. The number of halogens is 1. The molecule has 0 aromatic heterocycles. The monoisotopic (exact) mass is 315 g/mol. The van der Waals surface area contributed by atoms with Gasteiger partial charge in [-0.15, -0.1) is 0 Å². The molecule has 2 aromatic rings. The Labute approximate surface area is 132 Å². The van der Waals surface area contributed by atoms with Gasteiger partial charge in [-0.25, -0.2) is 0 Å². The molecule has 0 aliphatic carbocycles. The standard InChI is InChI=1S/C17H14ClNO3/c18-12-8-6-10(7-9-12)13-14(17(21)22)16(20)19-15(13)11-4-2-1-3-5-11/h1-9,13-15H,(H,19,20)(H,21,22). The molecule has 22 heavy (non-hydrogen) atoms. The van der Waals surface area contributed by atoms with Crippen molar-refractivity contribution in [3.63, 3.8) is 0 Å². The van der Waals surface area contributed by atoms with Gasteiger partial charge in [0.15, 0.2) is 0 Å². The molecule has 0 bridgehead atoms. The lowest BCUT2D eigenvalue weighted by molar-refractivity contribution is -0.145. The van der Waals surface area contributed by atoms with Crippen LogP contribution in [0.25, 0.3) is 0 Å². The predicted molar refractivity (Wildman–Crippen MR) is 82.6 cm³/mol. The first-order chi connectivity index (χ1) is 10.6. The van der Waals surface area contributed by atoms with E-state index in [0.717, 1.165) is 11.1 Å². The van der Waals surface area contributed by atoms with Gasteiger partial charge in [-0.2, -0.15) is 0 Å². The first-order valence-corrected chi connectivity index (χ1v) is 7.29. The van der Waals surface area contributed by atoms with E-state index in [0.29, 0.717) is 5.02 Å². The molecule has 1 aliphatic rings. The Hall–Kier alpha value is -2.33.